The van der Waals surface area contributed by atoms with E-state index in [0.717, 1.165) is 10.9 Å². The first kappa shape index (κ1) is 12.4. The molecular weight excluding hydrogens is 288 g/mol. The summed E-state index contributed by atoms with van der Waals surface area (Å²) in [5, 5.41) is 1.13. The molecule has 19 heavy (non-hydrogen) atoms. The predicted octanol–water partition coefficient (Wildman–Crippen LogP) is 3.93. The molecule has 1 aromatic carbocycles. The third kappa shape index (κ3) is 2.41. The summed E-state index contributed by atoms with van der Waals surface area (Å²) in [5.41, 5.74) is 1.47. The molecule has 0 atom stereocenters. The third-order valence-corrected chi connectivity index (χ3v) is 3.24. The minimum absolute atomic E-state index is 0.0942. The number of aromatic nitrogens is 3. The molecule has 0 unspecified atom stereocenters. The largest absolute Gasteiger partial charge is 0.328 e. The van der Waals surface area contributed by atoms with Crippen molar-refractivity contribution in [3.05, 3.63) is 58.3 Å². The van der Waals surface area contributed by atoms with E-state index >= 15 is 0 Å². The fourth-order valence-electron chi connectivity index (χ4n) is 1.96. The maximum Gasteiger partial charge on any atom is 0.225 e. The van der Waals surface area contributed by atoms with E-state index in [4.69, 9.17) is 23.2 Å². The highest BCUT2D eigenvalue weighted by atomic mass is 35.5. The normalized spacial score (nSPS) is 11.1. The summed E-state index contributed by atoms with van der Waals surface area (Å²) >= 11 is 11.8. The van der Waals surface area contributed by atoms with E-state index in [1.165, 1.54) is 12.1 Å². The smallest absolute Gasteiger partial charge is 0.225 e. The van der Waals surface area contributed by atoms with Crippen molar-refractivity contribution in [3.8, 4) is 0 Å². The van der Waals surface area contributed by atoms with E-state index in [9.17, 15) is 4.39 Å². The maximum absolute atomic E-state index is 13.2. The number of benzene rings is 1. The van der Waals surface area contributed by atoms with Gasteiger partial charge in [-0.15, -0.1) is 0 Å². The lowest BCUT2D eigenvalue weighted by Crippen LogP contribution is -2.00. The highest BCUT2D eigenvalue weighted by molar-refractivity contribution is 6.35. The summed E-state index contributed by atoms with van der Waals surface area (Å²) in [6, 6.07) is 8.22. The van der Waals surface area contributed by atoms with Gasteiger partial charge in [-0.3, -0.25) is 0 Å². The van der Waals surface area contributed by atoms with Gasteiger partial charge in [-0.05, 0) is 35.4 Å². The molecule has 2 heterocycles. The molecule has 0 fully saturated rings. The molecule has 0 aliphatic rings. The SMILES string of the molecule is Fc1cccc(Cn2ccc3c(Cl)nc(Cl)nc32)c1. The molecule has 2 aromatic heterocycles. The molecule has 0 bridgehead atoms. The molecule has 0 aliphatic carbocycles. The summed E-state index contributed by atoms with van der Waals surface area (Å²) in [7, 11) is 0. The lowest BCUT2D eigenvalue weighted by molar-refractivity contribution is 0.624. The Bertz CT molecular complexity index is 755. The Morgan fingerprint density at radius 3 is 2.79 bits per heavy atom. The number of fused-ring (bicyclic) bond motifs is 1. The summed E-state index contributed by atoms with van der Waals surface area (Å²) in [4.78, 5) is 8.04. The summed E-state index contributed by atoms with van der Waals surface area (Å²) in [6.07, 6.45) is 1.83. The molecule has 0 spiro atoms. The van der Waals surface area contributed by atoms with Crippen LogP contribution in [0.5, 0.6) is 0 Å². The van der Waals surface area contributed by atoms with E-state index in [-0.39, 0.29) is 11.1 Å². The van der Waals surface area contributed by atoms with Crippen molar-refractivity contribution in [2.45, 2.75) is 6.54 Å². The minimum Gasteiger partial charge on any atom is -0.328 e. The van der Waals surface area contributed by atoms with Crippen LogP contribution in [0.4, 0.5) is 4.39 Å². The molecular formula is C13H8Cl2FN3. The van der Waals surface area contributed by atoms with E-state index in [1.54, 1.807) is 6.07 Å². The van der Waals surface area contributed by atoms with Crippen LogP contribution in [0.25, 0.3) is 11.0 Å². The molecule has 3 nitrogen and oxygen atoms in total. The zero-order chi connectivity index (χ0) is 13.4. The second-order valence-electron chi connectivity index (χ2n) is 4.09. The van der Waals surface area contributed by atoms with Gasteiger partial charge in [-0.1, -0.05) is 23.7 Å². The van der Waals surface area contributed by atoms with Gasteiger partial charge in [-0.25, -0.2) is 9.37 Å². The summed E-state index contributed by atoms with van der Waals surface area (Å²) in [5.74, 6) is -0.264. The van der Waals surface area contributed by atoms with Crippen molar-refractivity contribution in [3.63, 3.8) is 0 Å². The van der Waals surface area contributed by atoms with E-state index in [2.05, 4.69) is 9.97 Å². The maximum atomic E-state index is 13.2. The van der Waals surface area contributed by atoms with E-state index in [1.807, 2.05) is 22.9 Å². The Kier molecular flexibility index (Phi) is 3.12. The van der Waals surface area contributed by atoms with Crippen LogP contribution in [0, 0.1) is 5.82 Å². The first-order valence-corrected chi connectivity index (χ1v) is 6.31. The number of nitrogens with zero attached hydrogens (tertiary/aromatic N) is 3. The highest BCUT2D eigenvalue weighted by Gasteiger charge is 2.09. The fourth-order valence-corrected chi connectivity index (χ4v) is 2.40. The molecule has 0 amide bonds. The molecule has 0 saturated carbocycles. The topological polar surface area (TPSA) is 30.7 Å². The van der Waals surface area contributed by atoms with Crippen molar-refractivity contribution >= 4 is 34.2 Å². The van der Waals surface area contributed by atoms with Gasteiger partial charge in [0.05, 0.1) is 5.39 Å². The minimum atomic E-state index is -0.264. The van der Waals surface area contributed by atoms with Gasteiger partial charge in [0.2, 0.25) is 5.28 Å². The van der Waals surface area contributed by atoms with E-state index in [0.29, 0.717) is 17.3 Å². The fraction of sp³-hybridized carbons (Fsp3) is 0.0769. The van der Waals surface area contributed by atoms with Gasteiger partial charge in [0, 0.05) is 12.7 Å². The van der Waals surface area contributed by atoms with Crippen molar-refractivity contribution in [2.24, 2.45) is 0 Å². The van der Waals surface area contributed by atoms with E-state index < -0.39 is 0 Å². The van der Waals surface area contributed by atoms with Gasteiger partial charge in [0.25, 0.3) is 0 Å². The average molecular weight is 296 g/mol. The molecule has 0 aliphatic heterocycles. The Morgan fingerprint density at radius 1 is 1.16 bits per heavy atom. The van der Waals surface area contributed by atoms with Crippen LogP contribution >= 0.6 is 23.2 Å². The number of hydrogen-bond donors (Lipinski definition) is 0. The Morgan fingerprint density at radius 2 is 2.00 bits per heavy atom. The summed E-state index contributed by atoms with van der Waals surface area (Å²) in [6.45, 7) is 0.491. The second-order valence-corrected chi connectivity index (χ2v) is 4.79. The first-order chi connectivity index (χ1) is 9.13. The van der Waals surface area contributed by atoms with Gasteiger partial charge in [0.1, 0.15) is 16.6 Å². The number of hydrogen-bond acceptors (Lipinski definition) is 2. The Hall–Kier alpha value is -1.65. The molecule has 0 N–H and O–H groups in total. The van der Waals surface area contributed by atoms with Crippen molar-refractivity contribution in [1.82, 2.24) is 14.5 Å². The summed E-state index contributed by atoms with van der Waals surface area (Å²) < 4.78 is 15.0. The van der Waals surface area contributed by atoms with Gasteiger partial charge in [0.15, 0.2) is 0 Å². The lowest BCUT2D eigenvalue weighted by atomic mass is 10.2. The van der Waals surface area contributed by atoms with Crippen LogP contribution in [0.2, 0.25) is 10.4 Å². The first-order valence-electron chi connectivity index (χ1n) is 5.56. The Balaban J connectivity index is 2.06. The van der Waals surface area contributed by atoms with Gasteiger partial charge < -0.3 is 4.57 Å². The molecule has 0 radical (unpaired) electrons. The lowest BCUT2D eigenvalue weighted by Gasteiger charge is -2.05. The Labute approximate surface area is 118 Å². The predicted molar refractivity (Wildman–Crippen MR) is 73.1 cm³/mol. The van der Waals surface area contributed by atoms with Crippen LogP contribution in [0.1, 0.15) is 5.56 Å². The average Bonchev–Trinajstić information content (AvgIpc) is 2.73. The quantitative estimate of drug-likeness (QED) is 0.530. The van der Waals surface area contributed by atoms with Gasteiger partial charge in [-0.2, -0.15) is 4.98 Å². The van der Waals surface area contributed by atoms with Crippen LogP contribution in [-0.2, 0) is 6.54 Å². The zero-order valence-corrected chi connectivity index (χ0v) is 11.2. The van der Waals surface area contributed by atoms with Crippen LogP contribution in [0.3, 0.4) is 0 Å². The molecule has 96 valence electrons. The number of rotatable bonds is 2. The standard InChI is InChI=1S/C13H8Cl2FN3/c14-11-10-4-5-19(12(10)18-13(15)17-11)7-8-2-1-3-9(16)6-8/h1-6H,7H2. The van der Waals surface area contributed by atoms with Gasteiger partial charge >= 0.3 is 0 Å². The zero-order valence-electron chi connectivity index (χ0n) is 9.65. The molecule has 3 rings (SSSR count). The van der Waals surface area contributed by atoms with Crippen LogP contribution in [-0.4, -0.2) is 14.5 Å². The highest BCUT2D eigenvalue weighted by Crippen LogP contribution is 2.23. The van der Waals surface area contributed by atoms with Crippen LogP contribution in [0.15, 0.2) is 36.5 Å². The molecule has 0 saturated heterocycles. The van der Waals surface area contributed by atoms with Crippen LogP contribution < -0.4 is 0 Å². The molecule has 6 heteroatoms. The van der Waals surface area contributed by atoms with Crippen molar-refractivity contribution in [1.29, 1.82) is 0 Å². The third-order valence-electron chi connectivity index (χ3n) is 2.79. The molecule has 3 aromatic rings. The second kappa shape index (κ2) is 4.79. The van der Waals surface area contributed by atoms with Crippen molar-refractivity contribution < 1.29 is 4.39 Å². The monoisotopic (exact) mass is 295 g/mol. The number of halogens is 3. The van der Waals surface area contributed by atoms with Crippen molar-refractivity contribution in [2.75, 3.05) is 0 Å².